The summed E-state index contributed by atoms with van der Waals surface area (Å²) >= 11 is 0.803. The normalized spacial score (nSPS) is 11.2. The zero-order valence-electron chi connectivity index (χ0n) is 20.8. The molecule has 0 aliphatic carbocycles. The molecule has 0 unspecified atom stereocenters. The minimum atomic E-state index is 0.468. The number of anilines is 3. The van der Waals surface area contributed by atoms with Gasteiger partial charge in [0.15, 0.2) is 17.3 Å². The number of nitrogens with one attached hydrogen (secondary N) is 3. The van der Waals surface area contributed by atoms with Crippen molar-refractivity contribution in [2.24, 2.45) is 10.2 Å². The lowest BCUT2D eigenvalue weighted by Gasteiger charge is -2.15. The Labute approximate surface area is 215 Å². The van der Waals surface area contributed by atoms with Crippen molar-refractivity contribution in [1.82, 2.24) is 9.97 Å². The molecule has 0 bridgehead atoms. The minimum Gasteiger partial charge on any atom is -0.691 e. The molecule has 200 valence electrons. The number of ether oxygens (including phenoxy) is 3. The maximum absolute atomic E-state index is 10.0. The Morgan fingerprint density at radius 3 is 1.81 bits per heavy atom. The molecule has 36 heavy (non-hydrogen) atoms. The molecule has 0 saturated carbocycles. The molecule has 2 rings (SSSR count). The van der Waals surface area contributed by atoms with Crippen LogP contribution in [0.15, 0.2) is 39.4 Å². The SMILES string of the molecule is COCCCNc1nc(NCCCOC)c(N=Nc2ccc(SOO[O-])cc2)c(NCCCOC)n1. The summed E-state index contributed by atoms with van der Waals surface area (Å²) in [5, 5.41) is 32.1. The van der Waals surface area contributed by atoms with E-state index in [-0.39, 0.29) is 0 Å². The van der Waals surface area contributed by atoms with Gasteiger partial charge in [-0.25, -0.2) is 0 Å². The van der Waals surface area contributed by atoms with Gasteiger partial charge < -0.3 is 35.4 Å². The average Bonchev–Trinajstić information content (AvgIpc) is 2.90. The molecule has 0 atom stereocenters. The summed E-state index contributed by atoms with van der Waals surface area (Å²) < 4.78 is 19.7. The van der Waals surface area contributed by atoms with E-state index in [4.69, 9.17) is 14.2 Å². The van der Waals surface area contributed by atoms with Crippen LogP contribution in [0, 0.1) is 0 Å². The van der Waals surface area contributed by atoms with Gasteiger partial charge in [0.1, 0.15) is 0 Å². The van der Waals surface area contributed by atoms with Gasteiger partial charge in [0.2, 0.25) is 5.95 Å². The van der Waals surface area contributed by atoms with Crippen molar-refractivity contribution >= 4 is 41.0 Å². The number of hydrogen-bond acceptors (Lipinski definition) is 14. The van der Waals surface area contributed by atoms with Crippen LogP contribution in [0.25, 0.3) is 0 Å². The highest BCUT2D eigenvalue weighted by atomic mass is 32.2. The predicted molar refractivity (Wildman–Crippen MR) is 136 cm³/mol. The molecule has 14 heteroatoms. The lowest BCUT2D eigenvalue weighted by atomic mass is 10.3. The molecule has 1 aromatic heterocycles. The van der Waals surface area contributed by atoms with Crippen LogP contribution in [0.5, 0.6) is 0 Å². The van der Waals surface area contributed by atoms with Crippen LogP contribution in [-0.4, -0.2) is 70.8 Å². The number of methoxy groups -OCH3 is 3. The molecular weight excluding hydrogens is 490 g/mol. The van der Waals surface area contributed by atoms with Crippen LogP contribution in [0.4, 0.5) is 29.0 Å². The van der Waals surface area contributed by atoms with Crippen LogP contribution in [0.2, 0.25) is 0 Å². The molecule has 0 aliphatic rings. The number of nitrogens with zero attached hydrogens (tertiary/aromatic N) is 4. The van der Waals surface area contributed by atoms with E-state index in [2.05, 4.69) is 45.5 Å². The van der Waals surface area contributed by atoms with Crippen LogP contribution in [0.3, 0.4) is 0 Å². The molecule has 0 amide bonds. The molecular formula is C22H34N7O6S-. The topological polar surface area (TPSA) is 156 Å². The molecule has 0 aliphatic heterocycles. The van der Waals surface area contributed by atoms with Crippen molar-refractivity contribution in [3.63, 3.8) is 0 Å². The van der Waals surface area contributed by atoms with Gasteiger partial charge in [0, 0.05) is 65.7 Å². The number of rotatable bonds is 20. The Kier molecular flexibility index (Phi) is 15.4. The fraction of sp³-hybridized carbons (Fsp3) is 0.545. The van der Waals surface area contributed by atoms with Gasteiger partial charge in [0.25, 0.3) is 0 Å². The van der Waals surface area contributed by atoms with Crippen molar-refractivity contribution < 1.29 is 28.8 Å². The van der Waals surface area contributed by atoms with Crippen molar-refractivity contribution in [2.75, 3.05) is 76.7 Å². The first kappa shape index (κ1) is 29.6. The first-order valence-corrected chi connectivity index (χ1v) is 12.2. The van der Waals surface area contributed by atoms with E-state index in [1.54, 1.807) is 45.6 Å². The third kappa shape index (κ3) is 11.4. The Morgan fingerprint density at radius 1 is 0.778 bits per heavy atom. The fourth-order valence-corrected chi connectivity index (χ4v) is 3.22. The average molecular weight is 525 g/mol. The molecule has 0 radical (unpaired) electrons. The first-order valence-electron chi connectivity index (χ1n) is 11.5. The van der Waals surface area contributed by atoms with Gasteiger partial charge in [-0.2, -0.15) is 19.4 Å². The molecule has 2 aromatic rings. The first-order chi connectivity index (χ1) is 17.7. The Bertz CT molecular complexity index is 859. The lowest BCUT2D eigenvalue weighted by molar-refractivity contribution is -0.777. The highest BCUT2D eigenvalue weighted by Crippen LogP contribution is 2.34. The van der Waals surface area contributed by atoms with Gasteiger partial charge >= 0.3 is 0 Å². The summed E-state index contributed by atoms with van der Waals surface area (Å²) in [5.41, 5.74) is 1.08. The summed E-state index contributed by atoms with van der Waals surface area (Å²) in [6.07, 6.45) is 2.39. The smallest absolute Gasteiger partial charge is 0.226 e. The maximum Gasteiger partial charge on any atom is 0.226 e. The Hall–Kier alpha value is -2.59. The molecule has 0 saturated heterocycles. The molecule has 1 heterocycles. The standard InChI is InChI=1S/C22H35N7O6S/c1-31-14-4-11-23-20-19(29-28-17-7-9-18(10-8-17)36-35-34-30)21(24-12-5-15-32-2)27-22(26-20)25-13-6-16-33-3/h7-10,30H,4-6,11-16H2,1-3H3,(H3,23,24,25,26,27)/p-1. The van der Waals surface area contributed by atoms with Crippen LogP contribution >= 0.6 is 12.0 Å². The number of aromatic nitrogens is 2. The maximum atomic E-state index is 10.0. The number of hydrogen-bond donors (Lipinski definition) is 3. The minimum absolute atomic E-state index is 0.468. The second-order valence-electron chi connectivity index (χ2n) is 7.33. The van der Waals surface area contributed by atoms with E-state index in [9.17, 15) is 5.26 Å². The molecule has 0 fully saturated rings. The lowest BCUT2D eigenvalue weighted by Crippen LogP contribution is -2.14. The van der Waals surface area contributed by atoms with Gasteiger partial charge in [-0.05, 0) is 43.5 Å². The van der Waals surface area contributed by atoms with E-state index in [1.807, 2.05) is 0 Å². The second kappa shape index (κ2) is 18.6. The third-order valence-electron chi connectivity index (χ3n) is 4.59. The zero-order valence-corrected chi connectivity index (χ0v) is 21.6. The number of azo groups is 1. The third-order valence-corrected chi connectivity index (χ3v) is 5.18. The summed E-state index contributed by atoms with van der Waals surface area (Å²) in [6, 6.07) is 6.94. The highest BCUT2D eigenvalue weighted by molar-refractivity contribution is 7.94. The van der Waals surface area contributed by atoms with E-state index in [1.165, 1.54) is 0 Å². The summed E-state index contributed by atoms with van der Waals surface area (Å²) in [7, 11) is 5.00. The van der Waals surface area contributed by atoms with E-state index >= 15 is 0 Å². The monoisotopic (exact) mass is 524 g/mol. The Balaban J connectivity index is 2.30. The molecule has 0 spiro atoms. The van der Waals surface area contributed by atoms with E-state index in [0.29, 0.717) is 73.3 Å². The van der Waals surface area contributed by atoms with Gasteiger partial charge in [0.05, 0.1) is 17.7 Å². The second-order valence-corrected chi connectivity index (χ2v) is 8.10. The van der Waals surface area contributed by atoms with E-state index < -0.39 is 0 Å². The summed E-state index contributed by atoms with van der Waals surface area (Å²) in [4.78, 5) is 9.95. The quantitative estimate of drug-likeness (QED) is 0.0763. The van der Waals surface area contributed by atoms with Gasteiger partial charge in [-0.1, -0.05) is 0 Å². The zero-order chi connectivity index (χ0) is 25.8. The highest BCUT2D eigenvalue weighted by Gasteiger charge is 2.15. The largest absolute Gasteiger partial charge is 0.691 e. The predicted octanol–water partition coefficient (Wildman–Crippen LogP) is 3.47. The van der Waals surface area contributed by atoms with Gasteiger partial charge in [-0.15, -0.1) is 5.11 Å². The molecule has 3 N–H and O–H groups in total. The van der Waals surface area contributed by atoms with Crippen molar-refractivity contribution in [2.45, 2.75) is 24.2 Å². The van der Waals surface area contributed by atoms with Crippen molar-refractivity contribution in [3.8, 4) is 0 Å². The van der Waals surface area contributed by atoms with Crippen molar-refractivity contribution in [1.29, 1.82) is 0 Å². The van der Waals surface area contributed by atoms with Crippen LogP contribution < -0.4 is 21.2 Å². The fourth-order valence-electron chi connectivity index (χ4n) is 2.87. The van der Waals surface area contributed by atoms with Crippen molar-refractivity contribution in [3.05, 3.63) is 24.3 Å². The van der Waals surface area contributed by atoms with Crippen LogP contribution in [-0.2, 0) is 23.6 Å². The molecule has 1 aromatic carbocycles. The Morgan fingerprint density at radius 2 is 1.31 bits per heavy atom. The van der Waals surface area contributed by atoms with E-state index in [0.717, 1.165) is 31.3 Å². The molecule has 13 nitrogen and oxygen atoms in total. The van der Waals surface area contributed by atoms with Gasteiger partial charge in [-0.3, -0.25) is 5.04 Å². The summed E-state index contributed by atoms with van der Waals surface area (Å²) in [6.45, 7) is 3.79. The summed E-state index contributed by atoms with van der Waals surface area (Å²) in [5.74, 6) is 1.55. The number of benzene rings is 1. The van der Waals surface area contributed by atoms with Crippen LogP contribution in [0.1, 0.15) is 19.3 Å².